The Morgan fingerprint density at radius 2 is 1.33 bits per heavy atom. The summed E-state index contributed by atoms with van der Waals surface area (Å²) in [5, 5.41) is 5.48. The Morgan fingerprint density at radius 3 is 1.90 bits per heavy atom. The first kappa shape index (κ1) is 30.8. The van der Waals surface area contributed by atoms with Crippen LogP contribution in [0.4, 0.5) is 5.69 Å². The van der Waals surface area contributed by atoms with Crippen LogP contribution in [0.25, 0.3) is 0 Å². The zero-order valence-electron chi connectivity index (χ0n) is 23.3. The number of carbonyl (C=O) groups is 1. The lowest BCUT2D eigenvalue weighted by atomic mass is 9.99. The number of hydrogen-bond acceptors (Lipinski definition) is 5. The normalized spacial score (nSPS) is 15.3. The summed E-state index contributed by atoms with van der Waals surface area (Å²) in [5.74, 6) is -0.151. The van der Waals surface area contributed by atoms with Gasteiger partial charge in [-0.05, 0) is 36.8 Å². The number of carbonyl (C=O) groups excluding carboxylic acids is 1. The van der Waals surface area contributed by atoms with Gasteiger partial charge in [-0.15, -0.1) is 0 Å². The third kappa shape index (κ3) is 10.1. The van der Waals surface area contributed by atoms with Gasteiger partial charge in [-0.2, -0.15) is 13.5 Å². The van der Waals surface area contributed by atoms with Crippen LogP contribution in [0.1, 0.15) is 108 Å². The third-order valence-corrected chi connectivity index (χ3v) is 8.06. The molecule has 0 spiro atoms. The molecule has 1 aliphatic heterocycles. The number of anilines is 1. The molecule has 0 bridgehead atoms. The number of amides is 1. The zero-order valence-corrected chi connectivity index (χ0v) is 24.1. The average Bonchev–Trinajstić information content (AvgIpc) is 3.31. The van der Waals surface area contributed by atoms with E-state index in [4.69, 9.17) is 4.74 Å². The van der Waals surface area contributed by atoms with Crippen LogP contribution < -0.4 is 9.75 Å². The van der Waals surface area contributed by atoms with Crippen molar-refractivity contribution in [1.29, 1.82) is 0 Å². The lowest BCUT2D eigenvalue weighted by Gasteiger charge is -2.17. The van der Waals surface area contributed by atoms with Crippen LogP contribution in [0.3, 0.4) is 0 Å². The van der Waals surface area contributed by atoms with Crippen molar-refractivity contribution >= 4 is 27.9 Å². The van der Waals surface area contributed by atoms with Crippen molar-refractivity contribution in [3.05, 3.63) is 54.1 Å². The third-order valence-electron chi connectivity index (χ3n) is 7.19. The number of rotatable bonds is 19. The summed E-state index contributed by atoms with van der Waals surface area (Å²) in [6, 6.07) is 12.9. The smallest absolute Gasteiger partial charge is 0.294 e. The summed E-state index contributed by atoms with van der Waals surface area (Å²) in [4.78, 5) is 12.9. The van der Waals surface area contributed by atoms with E-state index in [1.165, 1.54) is 106 Å². The lowest BCUT2D eigenvalue weighted by Crippen LogP contribution is -2.25. The molecule has 0 radical (unpaired) electrons. The summed E-state index contributed by atoms with van der Waals surface area (Å²) in [5.41, 5.74) is 1.18. The van der Waals surface area contributed by atoms with Crippen molar-refractivity contribution < 1.29 is 22.5 Å². The van der Waals surface area contributed by atoms with E-state index in [0.29, 0.717) is 18.0 Å². The van der Waals surface area contributed by atoms with Crippen LogP contribution in [0, 0.1) is 0 Å². The van der Waals surface area contributed by atoms with Gasteiger partial charge in [-0.3, -0.25) is 9.35 Å². The summed E-state index contributed by atoms with van der Waals surface area (Å²) in [6.45, 7) is 2.87. The number of ether oxygens (including phenoxy) is 1. The second kappa shape index (κ2) is 16.4. The van der Waals surface area contributed by atoms with Crippen LogP contribution in [-0.4, -0.2) is 31.7 Å². The minimum atomic E-state index is -4.30. The van der Waals surface area contributed by atoms with E-state index in [1.54, 1.807) is 6.21 Å². The van der Waals surface area contributed by atoms with Crippen molar-refractivity contribution in [1.82, 2.24) is 0 Å². The van der Waals surface area contributed by atoms with Gasteiger partial charge in [0.15, 0.2) is 0 Å². The predicted molar refractivity (Wildman–Crippen MR) is 157 cm³/mol. The van der Waals surface area contributed by atoms with E-state index < -0.39 is 16.0 Å². The molecule has 8 heteroatoms. The highest BCUT2D eigenvalue weighted by Crippen LogP contribution is 2.32. The summed E-state index contributed by atoms with van der Waals surface area (Å²) in [7, 11) is -4.30. The molecule has 3 rings (SSSR count). The van der Waals surface area contributed by atoms with Crippen LogP contribution >= 0.6 is 0 Å². The average molecular weight is 557 g/mol. The molecule has 1 heterocycles. The first-order valence-electron chi connectivity index (χ1n) is 14.6. The number of hydrazone groups is 1. The van der Waals surface area contributed by atoms with Gasteiger partial charge in [0.25, 0.3) is 16.0 Å². The second-order valence-corrected chi connectivity index (χ2v) is 11.8. The Balaban J connectivity index is 1.34. The maximum absolute atomic E-state index is 13.1. The minimum absolute atomic E-state index is 0.235. The van der Waals surface area contributed by atoms with Gasteiger partial charge in [-0.25, -0.2) is 5.01 Å². The fourth-order valence-corrected chi connectivity index (χ4v) is 5.38. The maximum Gasteiger partial charge on any atom is 0.294 e. The molecule has 39 heavy (non-hydrogen) atoms. The van der Waals surface area contributed by atoms with E-state index in [-0.39, 0.29) is 10.8 Å². The Hall–Kier alpha value is -2.71. The van der Waals surface area contributed by atoms with E-state index in [1.807, 2.05) is 24.3 Å². The van der Waals surface area contributed by atoms with Crippen LogP contribution in [0.15, 0.2) is 58.5 Å². The molecule has 2 aromatic carbocycles. The van der Waals surface area contributed by atoms with Gasteiger partial charge >= 0.3 is 0 Å². The fourth-order valence-electron chi connectivity index (χ4n) is 4.90. The van der Waals surface area contributed by atoms with Crippen molar-refractivity contribution in [2.75, 3.05) is 11.6 Å². The summed E-state index contributed by atoms with van der Waals surface area (Å²) < 4.78 is 37.8. The quantitative estimate of drug-likeness (QED) is 0.140. The minimum Gasteiger partial charge on any atom is -0.493 e. The van der Waals surface area contributed by atoms with Crippen LogP contribution in [-0.2, 0) is 14.9 Å². The van der Waals surface area contributed by atoms with Gasteiger partial charge in [-0.1, -0.05) is 109 Å². The SMILES string of the molecule is CCCCCCCCCCCCCCCCOc1ccccc1[C@H]1C=NN(c2ccc(S(=O)(=O)O)cc2)C1=O. The molecular formula is C31H44N2O5S. The topological polar surface area (TPSA) is 96.3 Å². The van der Waals surface area contributed by atoms with E-state index in [2.05, 4.69) is 12.0 Å². The molecule has 2 aromatic rings. The molecule has 0 aromatic heterocycles. The molecule has 0 saturated carbocycles. The Morgan fingerprint density at radius 1 is 0.795 bits per heavy atom. The van der Waals surface area contributed by atoms with Crippen molar-refractivity contribution in [2.24, 2.45) is 5.10 Å². The monoisotopic (exact) mass is 556 g/mol. The van der Waals surface area contributed by atoms with Gasteiger partial charge in [0.2, 0.25) is 0 Å². The highest BCUT2D eigenvalue weighted by molar-refractivity contribution is 7.85. The van der Waals surface area contributed by atoms with E-state index in [9.17, 15) is 17.8 Å². The molecule has 1 atom stereocenters. The first-order valence-corrected chi connectivity index (χ1v) is 16.0. The second-order valence-electron chi connectivity index (χ2n) is 10.3. The molecule has 214 valence electrons. The van der Waals surface area contributed by atoms with E-state index in [0.717, 1.165) is 18.4 Å². The number of benzene rings is 2. The van der Waals surface area contributed by atoms with Gasteiger partial charge in [0, 0.05) is 11.8 Å². The fraction of sp³-hybridized carbons (Fsp3) is 0.548. The molecule has 0 unspecified atom stereocenters. The van der Waals surface area contributed by atoms with Crippen molar-refractivity contribution in [3.8, 4) is 5.75 Å². The molecular weight excluding hydrogens is 512 g/mol. The van der Waals surface area contributed by atoms with Gasteiger partial charge in [0.05, 0.1) is 17.2 Å². The lowest BCUT2D eigenvalue weighted by molar-refractivity contribution is -0.118. The number of nitrogens with zero attached hydrogens (tertiary/aromatic N) is 2. The van der Waals surface area contributed by atoms with Crippen molar-refractivity contribution in [3.63, 3.8) is 0 Å². The molecule has 1 amide bonds. The predicted octanol–water partition coefficient (Wildman–Crippen LogP) is 7.91. The summed E-state index contributed by atoms with van der Waals surface area (Å²) in [6.07, 6.45) is 19.9. The number of para-hydroxylation sites is 1. The maximum atomic E-state index is 13.1. The number of hydrogen-bond donors (Lipinski definition) is 1. The van der Waals surface area contributed by atoms with Gasteiger partial charge < -0.3 is 4.74 Å². The molecule has 1 N–H and O–H groups in total. The Bertz CT molecular complexity index is 1150. The molecule has 0 aliphatic carbocycles. The molecule has 1 aliphatic rings. The Kier molecular flexibility index (Phi) is 13.0. The molecule has 0 fully saturated rings. The standard InChI is InChI=1S/C31H44N2O5S/c1-2-3-4-5-6-7-8-9-10-11-12-13-14-17-24-38-30-19-16-15-18-28(30)29-25-32-33(31(29)34)26-20-22-27(23-21-26)39(35,36)37/h15-16,18-23,25,29H,2-14,17,24H2,1H3,(H,35,36,37)/t29-/m1/s1. The highest BCUT2D eigenvalue weighted by atomic mass is 32.2. The molecule has 0 saturated heterocycles. The Labute approximate surface area is 234 Å². The van der Waals surface area contributed by atoms with Crippen LogP contribution in [0.2, 0.25) is 0 Å². The highest BCUT2D eigenvalue weighted by Gasteiger charge is 2.33. The first-order chi connectivity index (χ1) is 18.9. The summed E-state index contributed by atoms with van der Waals surface area (Å²) >= 11 is 0. The zero-order chi connectivity index (χ0) is 27.9. The van der Waals surface area contributed by atoms with Crippen LogP contribution in [0.5, 0.6) is 5.75 Å². The molecule has 7 nitrogen and oxygen atoms in total. The van der Waals surface area contributed by atoms with Gasteiger partial charge in [0.1, 0.15) is 11.7 Å². The largest absolute Gasteiger partial charge is 0.493 e. The van der Waals surface area contributed by atoms with Crippen molar-refractivity contribution in [2.45, 2.75) is 108 Å². The number of unbranched alkanes of at least 4 members (excludes halogenated alkanes) is 13. The van der Waals surface area contributed by atoms with E-state index >= 15 is 0 Å².